The molecule has 2 atom stereocenters. The molecule has 1 aliphatic carbocycles. The number of carboxylic acids is 1. The van der Waals surface area contributed by atoms with Crippen LogP contribution >= 0.6 is 23.4 Å². The van der Waals surface area contributed by atoms with Gasteiger partial charge in [-0.05, 0) is 61.9 Å². The van der Waals surface area contributed by atoms with E-state index in [1.165, 1.54) is 30.0 Å². The van der Waals surface area contributed by atoms with Gasteiger partial charge in [0.2, 0.25) is 5.91 Å². The molecule has 29 heavy (non-hydrogen) atoms. The van der Waals surface area contributed by atoms with Gasteiger partial charge in [-0.15, -0.1) is 0 Å². The van der Waals surface area contributed by atoms with Crippen LogP contribution in [-0.4, -0.2) is 27.2 Å². The van der Waals surface area contributed by atoms with Crippen LogP contribution in [0.15, 0.2) is 29.3 Å². The number of aromatic nitrogens is 1. The summed E-state index contributed by atoms with van der Waals surface area (Å²) in [5.74, 6) is -0.882. The van der Waals surface area contributed by atoms with Crippen molar-refractivity contribution in [2.24, 2.45) is 5.92 Å². The molecule has 2 N–H and O–H groups in total. The van der Waals surface area contributed by atoms with Crippen LogP contribution in [0, 0.1) is 17.2 Å². The second kappa shape index (κ2) is 8.85. The average Bonchev–Trinajstić information content (AvgIpc) is 2.68. The number of aryl methyl sites for hydroxylation is 1. The number of thioether (sulfide) groups is 1. The monoisotopic (exact) mass is 429 g/mol. The highest BCUT2D eigenvalue weighted by molar-refractivity contribution is 8.00. The Morgan fingerprint density at radius 1 is 1.41 bits per heavy atom. The molecule has 0 saturated carbocycles. The van der Waals surface area contributed by atoms with E-state index >= 15 is 0 Å². The van der Waals surface area contributed by atoms with Crippen molar-refractivity contribution in [3.8, 4) is 6.07 Å². The van der Waals surface area contributed by atoms with Crippen LogP contribution in [0.1, 0.15) is 47.4 Å². The van der Waals surface area contributed by atoms with E-state index in [2.05, 4.69) is 23.3 Å². The number of rotatable bonds is 5. The zero-order valence-electron chi connectivity index (χ0n) is 16.0. The zero-order chi connectivity index (χ0) is 21.1. The average molecular weight is 430 g/mol. The molecular formula is C21H20ClN3O3S. The van der Waals surface area contributed by atoms with Gasteiger partial charge in [0, 0.05) is 5.69 Å². The van der Waals surface area contributed by atoms with Crippen LogP contribution in [0.2, 0.25) is 5.02 Å². The summed E-state index contributed by atoms with van der Waals surface area (Å²) >= 11 is 7.29. The molecule has 1 amide bonds. The lowest BCUT2D eigenvalue weighted by Crippen LogP contribution is -2.23. The molecule has 0 aliphatic heterocycles. The van der Waals surface area contributed by atoms with Gasteiger partial charge in [-0.2, -0.15) is 5.26 Å². The third kappa shape index (κ3) is 4.89. The number of amides is 1. The van der Waals surface area contributed by atoms with Crippen molar-refractivity contribution in [3.05, 3.63) is 51.7 Å². The number of fused-ring (bicyclic) bond motifs is 1. The molecule has 0 fully saturated rings. The Labute approximate surface area is 178 Å². The number of halogens is 1. The minimum atomic E-state index is -1.11. The number of carbonyl (C=O) groups excluding carboxylic acids is 1. The third-order valence-electron chi connectivity index (χ3n) is 4.85. The topological polar surface area (TPSA) is 103 Å². The largest absolute Gasteiger partial charge is 0.478 e. The first kappa shape index (κ1) is 21.2. The Bertz CT molecular complexity index is 1020. The number of hydrogen-bond donors (Lipinski definition) is 2. The lowest BCUT2D eigenvalue weighted by atomic mass is 9.87. The molecule has 0 bridgehead atoms. The van der Waals surface area contributed by atoms with Gasteiger partial charge in [-0.1, -0.05) is 30.3 Å². The lowest BCUT2D eigenvalue weighted by Gasteiger charge is -2.22. The van der Waals surface area contributed by atoms with Crippen LogP contribution < -0.4 is 5.32 Å². The van der Waals surface area contributed by atoms with Gasteiger partial charge in [-0.25, -0.2) is 9.78 Å². The second-order valence-electron chi connectivity index (χ2n) is 7.16. The first-order valence-corrected chi connectivity index (χ1v) is 10.5. The number of nitriles is 1. The summed E-state index contributed by atoms with van der Waals surface area (Å²) < 4.78 is 0. The van der Waals surface area contributed by atoms with Crippen LogP contribution in [0.25, 0.3) is 0 Å². The van der Waals surface area contributed by atoms with Gasteiger partial charge in [0.1, 0.15) is 11.1 Å². The maximum absolute atomic E-state index is 12.6. The van der Waals surface area contributed by atoms with E-state index < -0.39 is 11.2 Å². The van der Waals surface area contributed by atoms with Crippen molar-refractivity contribution in [3.63, 3.8) is 0 Å². The van der Waals surface area contributed by atoms with E-state index in [0.29, 0.717) is 16.5 Å². The molecular weight excluding hydrogens is 410 g/mol. The number of hydrogen-bond acceptors (Lipinski definition) is 5. The van der Waals surface area contributed by atoms with Crippen LogP contribution in [-0.2, 0) is 17.6 Å². The van der Waals surface area contributed by atoms with Crippen molar-refractivity contribution in [2.75, 3.05) is 5.32 Å². The summed E-state index contributed by atoms with van der Waals surface area (Å²) in [6.07, 6.45) is 2.84. The summed E-state index contributed by atoms with van der Waals surface area (Å²) in [5.41, 5.74) is 2.83. The fourth-order valence-electron chi connectivity index (χ4n) is 3.21. The molecule has 1 heterocycles. The van der Waals surface area contributed by atoms with Gasteiger partial charge < -0.3 is 10.4 Å². The first-order chi connectivity index (χ1) is 13.8. The number of benzene rings is 1. The maximum Gasteiger partial charge on any atom is 0.335 e. The second-order valence-corrected chi connectivity index (χ2v) is 8.89. The summed E-state index contributed by atoms with van der Waals surface area (Å²) in [7, 11) is 0. The van der Waals surface area contributed by atoms with Crippen molar-refractivity contribution >= 4 is 40.9 Å². The Morgan fingerprint density at radius 3 is 2.86 bits per heavy atom. The number of nitrogens with zero attached hydrogens (tertiary/aromatic N) is 2. The number of carbonyl (C=O) groups is 2. The van der Waals surface area contributed by atoms with Crippen LogP contribution in [0.3, 0.4) is 0 Å². The number of nitrogens with one attached hydrogen (secondary N) is 1. The van der Waals surface area contributed by atoms with Gasteiger partial charge in [0.15, 0.2) is 0 Å². The van der Waals surface area contributed by atoms with E-state index in [-0.39, 0.29) is 22.2 Å². The predicted octanol–water partition coefficient (Wildman–Crippen LogP) is 4.55. The molecule has 8 heteroatoms. The molecule has 150 valence electrons. The summed E-state index contributed by atoms with van der Waals surface area (Å²) in [5, 5.41) is 21.5. The Balaban J connectivity index is 1.77. The highest BCUT2D eigenvalue weighted by Crippen LogP contribution is 2.32. The molecule has 1 aromatic heterocycles. The Morgan fingerprint density at radius 2 is 2.17 bits per heavy atom. The fraction of sp³-hybridized carbons (Fsp3) is 0.333. The minimum absolute atomic E-state index is 0.0300. The van der Waals surface area contributed by atoms with Crippen LogP contribution in [0.4, 0.5) is 5.69 Å². The van der Waals surface area contributed by atoms with Gasteiger partial charge in [-0.3, -0.25) is 4.79 Å². The SMILES string of the molecule is CC1CCc2nc(SC(C)C(=O)Nc3cc(C(=O)O)ccc3Cl)c(C#N)cc2C1. The molecule has 0 radical (unpaired) electrons. The summed E-state index contributed by atoms with van der Waals surface area (Å²) in [6.45, 7) is 3.90. The van der Waals surface area contributed by atoms with Crippen molar-refractivity contribution in [1.82, 2.24) is 4.98 Å². The quantitative estimate of drug-likeness (QED) is 0.676. The van der Waals surface area contributed by atoms with Gasteiger partial charge >= 0.3 is 5.97 Å². The zero-order valence-corrected chi connectivity index (χ0v) is 17.6. The maximum atomic E-state index is 12.6. The Hall–Kier alpha value is -2.56. The highest BCUT2D eigenvalue weighted by atomic mass is 35.5. The standard InChI is InChI=1S/C21H20ClN3O3S/c1-11-3-6-17-14(7-11)8-15(10-23)20(25-17)29-12(2)19(26)24-18-9-13(21(27)28)4-5-16(18)22/h4-5,8-9,11-12H,3,6-7H2,1-2H3,(H,24,26)(H,27,28). The molecule has 2 aromatic rings. The van der Waals surface area contributed by atoms with Gasteiger partial charge in [0.25, 0.3) is 0 Å². The third-order valence-corrected chi connectivity index (χ3v) is 6.28. The van der Waals surface area contributed by atoms with E-state index in [1.54, 1.807) is 6.92 Å². The summed E-state index contributed by atoms with van der Waals surface area (Å²) in [4.78, 5) is 28.4. The smallest absolute Gasteiger partial charge is 0.335 e. The molecule has 0 spiro atoms. The number of pyridine rings is 1. The molecule has 2 unspecified atom stereocenters. The fourth-order valence-corrected chi connectivity index (χ4v) is 4.27. The lowest BCUT2D eigenvalue weighted by molar-refractivity contribution is -0.115. The number of anilines is 1. The molecule has 3 rings (SSSR count). The highest BCUT2D eigenvalue weighted by Gasteiger charge is 2.23. The summed E-state index contributed by atoms with van der Waals surface area (Å²) in [6, 6.07) is 8.19. The van der Waals surface area contributed by atoms with E-state index in [0.717, 1.165) is 30.5 Å². The number of carboxylic acid groups (broad SMARTS) is 1. The molecule has 1 aliphatic rings. The molecule has 6 nitrogen and oxygen atoms in total. The number of aromatic carboxylic acids is 1. The van der Waals surface area contributed by atoms with Crippen molar-refractivity contribution in [1.29, 1.82) is 5.26 Å². The van der Waals surface area contributed by atoms with Crippen LogP contribution in [0.5, 0.6) is 0 Å². The van der Waals surface area contributed by atoms with Crippen molar-refractivity contribution in [2.45, 2.75) is 43.4 Å². The van der Waals surface area contributed by atoms with E-state index in [9.17, 15) is 14.9 Å². The minimum Gasteiger partial charge on any atom is -0.478 e. The predicted molar refractivity (Wildman–Crippen MR) is 113 cm³/mol. The first-order valence-electron chi connectivity index (χ1n) is 9.21. The normalized spacial score (nSPS) is 16.4. The van der Waals surface area contributed by atoms with Gasteiger partial charge in [0.05, 0.1) is 27.1 Å². The van der Waals surface area contributed by atoms with Crippen molar-refractivity contribution < 1.29 is 14.7 Å². The van der Waals surface area contributed by atoms with E-state index in [4.69, 9.17) is 16.7 Å². The molecule has 1 aromatic carbocycles. The molecule has 0 saturated heterocycles. The van der Waals surface area contributed by atoms with E-state index in [1.807, 2.05) is 6.07 Å². The Kier molecular flexibility index (Phi) is 6.46.